The van der Waals surface area contributed by atoms with Gasteiger partial charge in [0.1, 0.15) is 0 Å². The van der Waals surface area contributed by atoms with Gasteiger partial charge in [-0.15, -0.1) is 11.6 Å². The van der Waals surface area contributed by atoms with Crippen molar-refractivity contribution in [2.45, 2.75) is 13.3 Å². The quantitative estimate of drug-likeness (QED) is 0.676. The number of rotatable bonds is 6. The second-order valence-corrected chi connectivity index (χ2v) is 4.35. The molecule has 0 amide bonds. The van der Waals surface area contributed by atoms with Crippen LogP contribution in [0, 0.1) is 11.8 Å². The summed E-state index contributed by atoms with van der Waals surface area (Å²) < 4.78 is 5.17. The molecular formula is C13H19ClO. The molecule has 2 heteroatoms. The Bertz CT molecular complexity index is 260. The zero-order chi connectivity index (χ0) is 11.1. The average molecular weight is 227 g/mol. The van der Waals surface area contributed by atoms with Crippen molar-refractivity contribution in [1.82, 2.24) is 0 Å². The zero-order valence-electron chi connectivity index (χ0n) is 9.45. The second kappa shape index (κ2) is 6.86. The predicted octanol–water partition coefficient (Wildman–Crippen LogP) is 3.37. The van der Waals surface area contributed by atoms with Gasteiger partial charge in [0.2, 0.25) is 0 Å². The highest BCUT2D eigenvalue weighted by Gasteiger charge is 2.16. The largest absolute Gasteiger partial charge is 0.384 e. The van der Waals surface area contributed by atoms with Crippen molar-refractivity contribution < 1.29 is 4.74 Å². The van der Waals surface area contributed by atoms with Crippen LogP contribution in [-0.2, 0) is 11.2 Å². The average Bonchev–Trinajstić information content (AvgIpc) is 2.27. The molecular weight excluding hydrogens is 208 g/mol. The summed E-state index contributed by atoms with van der Waals surface area (Å²) in [6.07, 6.45) is 1.04. The van der Waals surface area contributed by atoms with E-state index in [4.69, 9.17) is 16.3 Å². The Balaban J connectivity index is 2.53. The van der Waals surface area contributed by atoms with Crippen LogP contribution in [-0.4, -0.2) is 19.6 Å². The monoisotopic (exact) mass is 226 g/mol. The van der Waals surface area contributed by atoms with Crippen molar-refractivity contribution >= 4 is 11.6 Å². The lowest BCUT2D eigenvalue weighted by molar-refractivity contribution is 0.135. The molecule has 0 saturated carbocycles. The summed E-state index contributed by atoms with van der Waals surface area (Å²) in [5.74, 6) is 1.70. The molecule has 84 valence electrons. The van der Waals surface area contributed by atoms with Gasteiger partial charge >= 0.3 is 0 Å². The highest BCUT2D eigenvalue weighted by molar-refractivity contribution is 6.18. The summed E-state index contributed by atoms with van der Waals surface area (Å²) in [5, 5.41) is 0. The van der Waals surface area contributed by atoms with Crippen LogP contribution >= 0.6 is 11.6 Å². The number of benzene rings is 1. The molecule has 15 heavy (non-hydrogen) atoms. The van der Waals surface area contributed by atoms with E-state index < -0.39 is 0 Å². The van der Waals surface area contributed by atoms with Gasteiger partial charge in [-0.2, -0.15) is 0 Å². The standard InChI is InChI=1S/C13H19ClO/c1-11(10-15-2)13(9-14)8-12-6-4-3-5-7-12/h3-7,11,13H,8-10H2,1-2H3. The SMILES string of the molecule is COCC(C)C(CCl)Cc1ccccc1. The Labute approximate surface area is 97.4 Å². The van der Waals surface area contributed by atoms with Crippen LogP contribution in [0.4, 0.5) is 0 Å². The molecule has 0 radical (unpaired) electrons. The molecule has 0 heterocycles. The summed E-state index contributed by atoms with van der Waals surface area (Å²) >= 11 is 5.99. The Morgan fingerprint density at radius 3 is 2.47 bits per heavy atom. The lowest BCUT2D eigenvalue weighted by atomic mass is 9.90. The molecule has 1 rings (SSSR count). The van der Waals surface area contributed by atoms with E-state index in [-0.39, 0.29) is 0 Å². The van der Waals surface area contributed by atoms with Crippen LogP contribution in [0.2, 0.25) is 0 Å². The van der Waals surface area contributed by atoms with E-state index >= 15 is 0 Å². The number of methoxy groups -OCH3 is 1. The van der Waals surface area contributed by atoms with E-state index in [1.807, 2.05) is 6.07 Å². The molecule has 0 bridgehead atoms. The topological polar surface area (TPSA) is 9.23 Å². The van der Waals surface area contributed by atoms with Crippen LogP contribution in [0.15, 0.2) is 30.3 Å². The van der Waals surface area contributed by atoms with Gasteiger partial charge in [-0.1, -0.05) is 37.3 Å². The summed E-state index contributed by atoms with van der Waals surface area (Å²) in [6.45, 7) is 2.98. The smallest absolute Gasteiger partial charge is 0.0491 e. The van der Waals surface area contributed by atoms with E-state index in [0.717, 1.165) is 13.0 Å². The van der Waals surface area contributed by atoms with Crippen molar-refractivity contribution in [1.29, 1.82) is 0 Å². The molecule has 0 saturated heterocycles. The first kappa shape index (κ1) is 12.5. The van der Waals surface area contributed by atoms with Gasteiger partial charge in [0.25, 0.3) is 0 Å². The summed E-state index contributed by atoms with van der Waals surface area (Å²) in [6, 6.07) is 10.5. The normalized spacial score (nSPS) is 14.9. The Morgan fingerprint density at radius 1 is 1.27 bits per heavy atom. The molecule has 0 aliphatic carbocycles. The first-order chi connectivity index (χ1) is 7.27. The maximum absolute atomic E-state index is 5.99. The van der Waals surface area contributed by atoms with Gasteiger partial charge in [-0.3, -0.25) is 0 Å². The number of hydrogen-bond acceptors (Lipinski definition) is 1. The molecule has 2 unspecified atom stereocenters. The van der Waals surface area contributed by atoms with Crippen LogP contribution < -0.4 is 0 Å². The fraction of sp³-hybridized carbons (Fsp3) is 0.538. The molecule has 0 fully saturated rings. The fourth-order valence-corrected chi connectivity index (χ4v) is 2.14. The van der Waals surface area contributed by atoms with Gasteiger partial charge in [0.15, 0.2) is 0 Å². The lowest BCUT2D eigenvalue weighted by Crippen LogP contribution is -2.20. The molecule has 0 aliphatic heterocycles. The van der Waals surface area contributed by atoms with Crippen LogP contribution in [0.5, 0.6) is 0 Å². The molecule has 1 aromatic rings. The van der Waals surface area contributed by atoms with Crippen LogP contribution in [0.1, 0.15) is 12.5 Å². The van der Waals surface area contributed by atoms with E-state index in [0.29, 0.717) is 17.7 Å². The number of ether oxygens (including phenoxy) is 1. The Morgan fingerprint density at radius 2 is 1.93 bits per heavy atom. The van der Waals surface area contributed by atoms with Gasteiger partial charge in [0, 0.05) is 19.6 Å². The van der Waals surface area contributed by atoms with E-state index in [9.17, 15) is 0 Å². The first-order valence-electron chi connectivity index (χ1n) is 5.36. The third-order valence-electron chi connectivity index (χ3n) is 2.77. The molecule has 0 N–H and O–H groups in total. The summed E-state index contributed by atoms with van der Waals surface area (Å²) in [7, 11) is 1.74. The fourth-order valence-electron chi connectivity index (χ4n) is 1.72. The molecule has 0 aromatic heterocycles. The molecule has 0 spiro atoms. The highest BCUT2D eigenvalue weighted by Crippen LogP contribution is 2.19. The summed E-state index contributed by atoms with van der Waals surface area (Å²) in [4.78, 5) is 0. The van der Waals surface area contributed by atoms with Crippen molar-refractivity contribution in [3.05, 3.63) is 35.9 Å². The third-order valence-corrected chi connectivity index (χ3v) is 3.17. The van der Waals surface area contributed by atoms with Crippen molar-refractivity contribution in [2.24, 2.45) is 11.8 Å². The van der Waals surface area contributed by atoms with Crippen molar-refractivity contribution in [3.8, 4) is 0 Å². The summed E-state index contributed by atoms with van der Waals surface area (Å²) in [5.41, 5.74) is 1.35. The minimum atomic E-state index is 0.494. The maximum Gasteiger partial charge on any atom is 0.0491 e. The van der Waals surface area contributed by atoms with Crippen LogP contribution in [0.3, 0.4) is 0 Å². The van der Waals surface area contributed by atoms with Crippen LogP contribution in [0.25, 0.3) is 0 Å². The minimum Gasteiger partial charge on any atom is -0.384 e. The van der Waals surface area contributed by atoms with Gasteiger partial charge < -0.3 is 4.74 Å². The van der Waals surface area contributed by atoms with E-state index in [1.54, 1.807) is 7.11 Å². The van der Waals surface area contributed by atoms with Crippen molar-refractivity contribution in [2.75, 3.05) is 19.6 Å². The third kappa shape index (κ3) is 4.23. The molecule has 0 aliphatic rings. The maximum atomic E-state index is 5.99. The Kier molecular flexibility index (Phi) is 5.74. The number of alkyl halides is 1. The van der Waals surface area contributed by atoms with Crippen molar-refractivity contribution in [3.63, 3.8) is 0 Å². The first-order valence-corrected chi connectivity index (χ1v) is 5.90. The predicted molar refractivity (Wildman–Crippen MR) is 65.4 cm³/mol. The van der Waals surface area contributed by atoms with E-state index in [2.05, 4.69) is 31.2 Å². The second-order valence-electron chi connectivity index (χ2n) is 4.04. The highest BCUT2D eigenvalue weighted by atomic mass is 35.5. The van der Waals surface area contributed by atoms with Gasteiger partial charge in [0.05, 0.1) is 0 Å². The number of hydrogen-bond donors (Lipinski definition) is 0. The molecule has 1 nitrogen and oxygen atoms in total. The van der Waals surface area contributed by atoms with Gasteiger partial charge in [-0.05, 0) is 23.8 Å². The lowest BCUT2D eigenvalue weighted by Gasteiger charge is -2.21. The molecule has 1 aromatic carbocycles. The number of halogens is 1. The minimum absolute atomic E-state index is 0.494. The molecule has 2 atom stereocenters. The van der Waals surface area contributed by atoms with Gasteiger partial charge in [-0.25, -0.2) is 0 Å². The van der Waals surface area contributed by atoms with E-state index in [1.165, 1.54) is 5.56 Å². The Hall–Kier alpha value is -0.530. The zero-order valence-corrected chi connectivity index (χ0v) is 10.2.